The predicted molar refractivity (Wildman–Crippen MR) is 42.7 cm³/mol. The summed E-state index contributed by atoms with van der Waals surface area (Å²) in [6.45, 7) is 2.42. The zero-order chi connectivity index (χ0) is 7.40. The summed E-state index contributed by atoms with van der Waals surface area (Å²) in [6.07, 6.45) is 8.59. The van der Waals surface area contributed by atoms with E-state index in [0.717, 1.165) is 12.8 Å². The molecular formula is C9H14O. The van der Waals surface area contributed by atoms with Crippen molar-refractivity contribution >= 4 is 0 Å². The van der Waals surface area contributed by atoms with Gasteiger partial charge in [0.1, 0.15) is 0 Å². The number of aliphatic hydroxyl groups excluding tert-OH is 1. The number of rotatable bonds is 3. The van der Waals surface area contributed by atoms with Crippen molar-refractivity contribution in [2.24, 2.45) is 5.92 Å². The van der Waals surface area contributed by atoms with Gasteiger partial charge in [0.2, 0.25) is 0 Å². The van der Waals surface area contributed by atoms with E-state index in [1.54, 1.807) is 0 Å². The fourth-order valence-electron chi connectivity index (χ4n) is 1.23. The highest BCUT2D eigenvalue weighted by atomic mass is 16.2. The molecule has 0 aliphatic heterocycles. The van der Waals surface area contributed by atoms with Crippen molar-refractivity contribution < 1.29 is 5.11 Å². The van der Waals surface area contributed by atoms with Gasteiger partial charge >= 0.3 is 0 Å². The molecule has 1 rings (SSSR count). The maximum absolute atomic E-state index is 8.55. The molecular weight excluding hydrogens is 124 g/mol. The molecule has 0 bridgehead atoms. The van der Waals surface area contributed by atoms with Gasteiger partial charge in [0.05, 0.1) is 0 Å². The van der Waals surface area contributed by atoms with Crippen molar-refractivity contribution in [1.82, 2.24) is 0 Å². The molecule has 1 aliphatic carbocycles. The molecule has 0 aromatic carbocycles. The van der Waals surface area contributed by atoms with Crippen LogP contribution in [0.1, 0.15) is 19.8 Å². The van der Waals surface area contributed by atoms with Crippen LogP contribution in [0.2, 0.25) is 0 Å². The quantitative estimate of drug-likeness (QED) is 0.631. The SMILES string of the molecule is CC1=CC(CCCO)C=C1. The number of allylic oxidation sites excluding steroid dienone is 4. The van der Waals surface area contributed by atoms with E-state index in [2.05, 4.69) is 25.2 Å². The zero-order valence-electron chi connectivity index (χ0n) is 6.38. The van der Waals surface area contributed by atoms with Crippen LogP contribution < -0.4 is 0 Å². The average molecular weight is 138 g/mol. The summed E-state index contributed by atoms with van der Waals surface area (Å²) in [6, 6.07) is 0. The van der Waals surface area contributed by atoms with Gasteiger partial charge in [-0.25, -0.2) is 0 Å². The molecule has 1 nitrogen and oxygen atoms in total. The van der Waals surface area contributed by atoms with Crippen LogP contribution in [-0.4, -0.2) is 11.7 Å². The first-order valence-corrected chi connectivity index (χ1v) is 3.80. The Labute approximate surface area is 62.1 Å². The predicted octanol–water partition coefficient (Wildman–Crippen LogP) is 1.89. The van der Waals surface area contributed by atoms with Crippen LogP contribution in [0.25, 0.3) is 0 Å². The lowest BCUT2D eigenvalue weighted by Gasteiger charge is -2.00. The molecule has 1 unspecified atom stereocenters. The van der Waals surface area contributed by atoms with Gasteiger partial charge in [0.15, 0.2) is 0 Å². The monoisotopic (exact) mass is 138 g/mol. The Bertz CT molecular complexity index is 156. The number of aliphatic hydroxyl groups is 1. The van der Waals surface area contributed by atoms with E-state index in [1.807, 2.05) is 0 Å². The van der Waals surface area contributed by atoms with Crippen molar-refractivity contribution in [3.63, 3.8) is 0 Å². The second-order valence-corrected chi connectivity index (χ2v) is 2.80. The Hall–Kier alpha value is -0.560. The summed E-state index contributed by atoms with van der Waals surface area (Å²) in [7, 11) is 0. The number of hydrogen-bond donors (Lipinski definition) is 1. The summed E-state index contributed by atoms with van der Waals surface area (Å²) in [5.74, 6) is 0.590. The summed E-state index contributed by atoms with van der Waals surface area (Å²) in [5.41, 5.74) is 1.35. The number of hydrogen-bond acceptors (Lipinski definition) is 1. The second kappa shape index (κ2) is 3.57. The van der Waals surface area contributed by atoms with Gasteiger partial charge in [-0.3, -0.25) is 0 Å². The van der Waals surface area contributed by atoms with E-state index >= 15 is 0 Å². The van der Waals surface area contributed by atoms with Crippen molar-refractivity contribution in [2.75, 3.05) is 6.61 Å². The molecule has 56 valence electrons. The molecule has 10 heavy (non-hydrogen) atoms. The maximum atomic E-state index is 8.55. The van der Waals surface area contributed by atoms with Gasteiger partial charge < -0.3 is 5.11 Å². The largest absolute Gasteiger partial charge is 0.396 e. The average Bonchev–Trinajstić information content (AvgIpc) is 2.31. The minimum atomic E-state index is 0.317. The highest BCUT2D eigenvalue weighted by Gasteiger charge is 2.04. The minimum absolute atomic E-state index is 0.317. The van der Waals surface area contributed by atoms with Gasteiger partial charge in [-0.2, -0.15) is 0 Å². The van der Waals surface area contributed by atoms with Gasteiger partial charge in [0, 0.05) is 6.61 Å². The van der Waals surface area contributed by atoms with Crippen LogP contribution in [0, 0.1) is 5.92 Å². The first kappa shape index (κ1) is 7.55. The first-order valence-electron chi connectivity index (χ1n) is 3.80. The lowest BCUT2D eigenvalue weighted by atomic mass is 10.1. The highest BCUT2D eigenvalue weighted by molar-refractivity contribution is 5.26. The molecule has 0 saturated carbocycles. The lowest BCUT2D eigenvalue weighted by molar-refractivity contribution is 0.281. The smallest absolute Gasteiger partial charge is 0.0431 e. The first-order chi connectivity index (χ1) is 4.83. The molecule has 0 aromatic rings. The van der Waals surface area contributed by atoms with Crippen molar-refractivity contribution in [2.45, 2.75) is 19.8 Å². The van der Waals surface area contributed by atoms with Gasteiger partial charge in [0.25, 0.3) is 0 Å². The third-order valence-electron chi connectivity index (χ3n) is 1.78. The van der Waals surface area contributed by atoms with Crippen molar-refractivity contribution in [1.29, 1.82) is 0 Å². The molecule has 0 aromatic heterocycles. The molecule has 0 heterocycles. The van der Waals surface area contributed by atoms with Crippen LogP contribution in [0.5, 0.6) is 0 Å². The van der Waals surface area contributed by atoms with E-state index in [0.29, 0.717) is 12.5 Å². The summed E-state index contributed by atoms with van der Waals surface area (Å²) < 4.78 is 0. The lowest BCUT2D eigenvalue weighted by Crippen LogP contribution is -1.91. The molecule has 0 saturated heterocycles. The Morgan fingerprint density at radius 1 is 1.60 bits per heavy atom. The zero-order valence-corrected chi connectivity index (χ0v) is 6.38. The van der Waals surface area contributed by atoms with E-state index in [-0.39, 0.29) is 0 Å². The van der Waals surface area contributed by atoms with E-state index in [1.165, 1.54) is 5.57 Å². The topological polar surface area (TPSA) is 20.2 Å². The van der Waals surface area contributed by atoms with E-state index in [9.17, 15) is 0 Å². The summed E-state index contributed by atoms with van der Waals surface area (Å²) in [4.78, 5) is 0. The molecule has 1 atom stereocenters. The normalized spacial score (nSPS) is 23.4. The second-order valence-electron chi connectivity index (χ2n) is 2.80. The van der Waals surface area contributed by atoms with Crippen LogP contribution in [0.3, 0.4) is 0 Å². The Balaban J connectivity index is 2.26. The standard InChI is InChI=1S/C9H14O/c1-8-4-5-9(7-8)3-2-6-10/h4-5,7,9-10H,2-3,6H2,1H3. The van der Waals surface area contributed by atoms with Gasteiger partial charge in [-0.1, -0.05) is 23.8 Å². The molecule has 0 amide bonds. The van der Waals surface area contributed by atoms with E-state index in [4.69, 9.17) is 5.11 Å². The fraction of sp³-hybridized carbons (Fsp3) is 0.556. The van der Waals surface area contributed by atoms with Crippen LogP contribution in [-0.2, 0) is 0 Å². The van der Waals surface area contributed by atoms with Crippen LogP contribution >= 0.6 is 0 Å². The minimum Gasteiger partial charge on any atom is -0.396 e. The maximum Gasteiger partial charge on any atom is 0.0431 e. The molecule has 0 fully saturated rings. The molecule has 1 heteroatoms. The Morgan fingerprint density at radius 2 is 2.40 bits per heavy atom. The Kier molecular flexibility index (Phi) is 2.69. The van der Waals surface area contributed by atoms with Crippen molar-refractivity contribution in [3.05, 3.63) is 23.8 Å². The third kappa shape index (κ3) is 1.99. The molecule has 1 aliphatic rings. The van der Waals surface area contributed by atoms with Crippen molar-refractivity contribution in [3.8, 4) is 0 Å². The van der Waals surface area contributed by atoms with Gasteiger partial charge in [-0.15, -0.1) is 0 Å². The summed E-state index contributed by atoms with van der Waals surface area (Å²) in [5, 5.41) is 8.55. The molecule has 0 spiro atoms. The van der Waals surface area contributed by atoms with Gasteiger partial charge in [-0.05, 0) is 25.7 Å². The van der Waals surface area contributed by atoms with E-state index < -0.39 is 0 Å². The summed E-state index contributed by atoms with van der Waals surface area (Å²) >= 11 is 0. The van der Waals surface area contributed by atoms with Crippen LogP contribution in [0.4, 0.5) is 0 Å². The molecule has 0 radical (unpaired) electrons. The third-order valence-corrected chi connectivity index (χ3v) is 1.78. The fourth-order valence-corrected chi connectivity index (χ4v) is 1.23. The van der Waals surface area contributed by atoms with Crippen LogP contribution in [0.15, 0.2) is 23.8 Å². The Morgan fingerprint density at radius 3 is 2.90 bits per heavy atom. The highest BCUT2D eigenvalue weighted by Crippen LogP contribution is 2.19. The molecule has 1 N–H and O–H groups in total.